The summed E-state index contributed by atoms with van der Waals surface area (Å²) >= 11 is 0. The lowest BCUT2D eigenvalue weighted by atomic mass is 9.43. The molecule has 0 aromatic heterocycles. The molecule has 39 heavy (non-hydrogen) atoms. The van der Waals surface area contributed by atoms with Gasteiger partial charge < -0.3 is 18.9 Å². The van der Waals surface area contributed by atoms with Gasteiger partial charge in [0.1, 0.15) is 18.3 Å². The van der Waals surface area contributed by atoms with Crippen molar-refractivity contribution in [3.05, 3.63) is 0 Å². The lowest BCUT2D eigenvalue weighted by Gasteiger charge is -2.64. The second-order valence-corrected chi connectivity index (χ2v) is 13.4. The van der Waals surface area contributed by atoms with Crippen LogP contribution in [0, 0.1) is 46.3 Å². The second kappa shape index (κ2) is 11.4. The number of carbonyl (C=O) groups is 4. The predicted octanol–water partition coefficient (Wildman–Crippen LogP) is 5.25. The number of carbonyl (C=O) groups excluding carboxylic acids is 4. The van der Waals surface area contributed by atoms with Crippen LogP contribution in [0.1, 0.15) is 99.3 Å². The molecule has 8 nitrogen and oxygen atoms in total. The Labute approximate surface area is 233 Å². The summed E-state index contributed by atoms with van der Waals surface area (Å²) in [5.74, 6) is 0.438. The van der Waals surface area contributed by atoms with Gasteiger partial charge in [-0.2, -0.15) is 0 Å². The van der Waals surface area contributed by atoms with E-state index in [0.717, 1.165) is 51.4 Å². The lowest BCUT2D eigenvalue weighted by molar-refractivity contribution is -0.224. The predicted molar refractivity (Wildman–Crippen MR) is 143 cm³/mol. The van der Waals surface area contributed by atoms with Gasteiger partial charge in [0, 0.05) is 38.5 Å². The van der Waals surface area contributed by atoms with Gasteiger partial charge in [0.2, 0.25) is 0 Å². The maximum absolute atomic E-state index is 12.5. The summed E-state index contributed by atoms with van der Waals surface area (Å²) in [5, 5.41) is 0. The van der Waals surface area contributed by atoms with E-state index in [-0.39, 0.29) is 88.5 Å². The molecule has 0 bridgehead atoms. The Morgan fingerprint density at radius 3 is 2.13 bits per heavy atom. The van der Waals surface area contributed by atoms with Crippen LogP contribution in [0.2, 0.25) is 0 Å². The van der Waals surface area contributed by atoms with Crippen LogP contribution in [0.5, 0.6) is 0 Å². The zero-order chi connectivity index (χ0) is 28.7. The van der Waals surface area contributed by atoms with Crippen LogP contribution >= 0.6 is 0 Å². The van der Waals surface area contributed by atoms with Gasteiger partial charge in [0.25, 0.3) is 0 Å². The van der Waals surface area contributed by atoms with Crippen molar-refractivity contribution in [3.8, 4) is 0 Å². The van der Waals surface area contributed by atoms with Gasteiger partial charge in [0.15, 0.2) is 0 Å². The summed E-state index contributed by atoms with van der Waals surface area (Å²) in [6, 6.07) is 0. The third-order valence-electron chi connectivity index (χ3n) is 11.4. The van der Waals surface area contributed by atoms with Gasteiger partial charge in [-0.25, -0.2) is 0 Å². The topological polar surface area (TPSA) is 105 Å². The van der Waals surface area contributed by atoms with Gasteiger partial charge in [-0.1, -0.05) is 20.8 Å². The van der Waals surface area contributed by atoms with Crippen LogP contribution in [0.3, 0.4) is 0 Å². The average molecular weight is 549 g/mol. The first kappa shape index (κ1) is 29.9. The van der Waals surface area contributed by atoms with Crippen molar-refractivity contribution in [1.29, 1.82) is 0 Å². The summed E-state index contributed by atoms with van der Waals surface area (Å²) < 4.78 is 22.8. The standard InChI is InChI=1S/C31H48O8/c1-17(8-11-28(35)36-7)23-9-10-24-29-25(16-27(31(23,24)6)39-20(4)34)30(5)13-12-22(37-18(2)32)14-21(30)15-26(29)38-19(3)33/h17,21-27,29H,8-16H2,1-7H3/t17-,21-,22-,23-,24-,25+,26-,27+,29-,30+,31-/m1/s1. The first-order valence-electron chi connectivity index (χ1n) is 14.9. The molecule has 0 amide bonds. The van der Waals surface area contributed by atoms with Crippen molar-refractivity contribution >= 4 is 23.9 Å². The lowest BCUT2D eigenvalue weighted by Crippen LogP contribution is -2.63. The van der Waals surface area contributed by atoms with Crippen LogP contribution in [-0.4, -0.2) is 49.3 Å². The van der Waals surface area contributed by atoms with Crippen LogP contribution in [0.25, 0.3) is 0 Å². The summed E-state index contributed by atoms with van der Waals surface area (Å²) in [5.41, 5.74) is -0.300. The SMILES string of the molecule is COC(=O)CC[C@@H](C)[C@H]1CC[C@@H]2[C@H]3[C@H](OC(C)=O)C[C@H]4C[C@H](OC(C)=O)CC[C@]4(C)[C@H]3C[C@H](OC(C)=O)[C@@]21C. The number of methoxy groups -OCH3 is 1. The molecule has 4 rings (SSSR count). The molecule has 0 aromatic rings. The van der Waals surface area contributed by atoms with E-state index in [0.29, 0.717) is 6.42 Å². The van der Waals surface area contributed by atoms with E-state index in [9.17, 15) is 19.2 Å². The molecule has 4 aliphatic carbocycles. The average Bonchev–Trinajstić information content (AvgIpc) is 3.20. The highest BCUT2D eigenvalue weighted by molar-refractivity contribution is 5.69. The maximum atomic E-state index is 12.5. The number of fused-ring (bicyclic) bond motifs is 5. The normalized spacial score (nSPS) is 41.7. The largest absolute Gasteiger partial charge is 0.469 e. The highest BCUT2D eigenvalue weighted by Gasteiger charge is 2.67. The van der Waals surface area contributed by atoms with Gasteiger partial charge in [-0.05, 0) is 86.4 Å². The van der Waals surface area contributed by atoms with Crippen molar-refractivity contribution < 1.29 is 38.1 Å². The molecule has 11 atom stereocenters. The first-order chi connectivity index (χ1) is 18.3. The van der Waals surface area contributed by atoms with Crippen LogP contribution in [0.15, 0.2) is 0 Å². The number of hydrogen-bond donors (Lipinski definition) is 0. The molecule has 0 N–H and O–H groups in total. The minimum atomic E-state index is -0.279. The Hall–Kier alpha value is -2.12. The number of hydrogen-bond acceptors (Lipinski definition) is 8. The molecular formula is C31H48O8. The van der Waals surface area contributed by atoms with Crippen LogP contribution in [0.4, 0.5) is 0 Å². The summed E-state index contributed by atoms with van der Waals surface area (Å²) in [6.07, 6.45) is 6.53. The van der Waals surface area contributed by atoms with Gasteiger partial charge in [-0.3, -0.25) is 19.2 Å². The molecular weight excluding hydrogens is 500 g/mol. The van der Waals surface area contributed by atoms with E-state index < -0.39 is 0 Å². The van der Waals surface area contributed by atoms with Crippen LogP contribution in [-0.2, 0) is 38.1 Å². The fourth-order valence-electron chi connectivity index (χ4n) is 9.77. The number of ether oxygens (including phenoxy) is 4. The summed E-state index contributed by atoms with van der Waals surface area (Å²) in [7, 11) is 1.42. The minimum Gasteiger partial charge on any atom is -0.469 e. The first-order valence-corrected chi connectivity index (χ1v) is 14.9. The molecule has 0 unspecified atom stereocenters. The summed E-state index contributed by atoms with van der Waals surface area (Å²) in [6.45, 7) is 11.3. The maximum Gasteiger partial charge on any atom is 0.305 e. The van der Waals surface area contributed by atoms with E-state index in [1.807, 2.05) is 0 Å². The molecule has 4 aliphatic rings. The van der Waals surface area contributed by atoms with Gasteiger partial charge in [-0.15, -0.1) is 0 Å². The fourth-order valence-corrected chi connectivity index (χ4v) is 9.77. The van der Waals surface area contributed by atoms with Crippen molar-refractivity contribution in [2.75, 3.05) is 7.11 Å². The fraction of sp³-hybridized carbons (Fsp3) is 0.871. The Bertz CT molecular complexity index is 962. The molecule has 0 radical (unpaired) electrons. The van der Waals surface area contributed by atoms with E-state index in [4.69, 9.17) is 18.9 Å². The van der Waals surface area contributed by atoms with Crippen molar-refractivity contribution in [2.24, 2.45) is 46.3 Å². The smallest absolute Gasteiger partial charge is 0.305 e. The van der Waals surface area contributed by atoms with Gasteiger partial charge >= 0.3 is 23.9 Å². The van der Waals surface area contributed by atoms with Crippen molar-refractivity contribution in [2.45, 2.75) is 118 Å². The monoisotopic (exact) mass is 548 g/mol. The third kappa shape index (κ3) is 5.58. The van der Waals surface area contributed by atoms with Crippen LogP contribution < -0.4 is 0 Å². The molecule has 4 fully saturated rings. The van der Waals surface area contributed by atoms with E-state index in [1.165, 1.54) is 27.9 Å². The molecule has 220 valence electrons. The zero-order valence-corrected chi connectivity index (χ0v) is 24.8. The molecule has 0 heterocycles. The van der Waals surface area contributed by atoms with E-state index in [2.05, 4.69) is 20.8 Å². The molecule has 0 saturated heterocycles. The number of rotatable bonds is 7. The quantitative estimate of drug-likeness (QED) is 0.314. The third-order valence-corrected chi connectivity index (χ3v) is 11.4. The molecule has 0 spiro atoms. The molecule has 0 aromatic carbocycles. The number of esters is 4. The summed E-state index contributed by atoms with van der Waals surface area (Å²) in [4.78, 5) is 48.5. The zero-order valence-electron chi connectivity index (χ0n) is 24.8. The van der Waals surface area contributed by atoms with E-state index in [1.54, 1.807) is 0 Å². The van der Waals surface area contributed by atoms with Crippen molar-refractivity contribution in [1.82, 2.24) is 0 Å². The highest BCUT2D eigenvalue weighted by atomic mass is 16.6. The van der Waals surface area contributed by atoms with E-state index >= 15 is 0 Å². The Morgan fingerprint density at radius 1 is 0.846 bits per heavy atom. The second-order valence-electron chi connectivity index (χ2n) is 13.4. The Morgan fingerprint density at radius 2 is 1.51 bits per heavy atom. The highest BCUT2D eigenvalue weighted by Crippen LogP contribution is 2.69. The van der Waals surface area contributed by atoms with Crippen molar-refractivity contribution in [3.63, 3.8) is 0 Å². The van der Waals surface area contributed by atoms with Gasteiger partial charge in [0.05, 0.1) is 7.11 Å². The Kier molecular flexibility index (Phi) is 8.73. The molecule has 8 heteroatoms. The Balaban J connectivity index is 1.70. The minimum absolute atomic E-state index is 0.0215. The molecule has 4 saturated carbocycles. The molecule has 0 aliphatic heterocycles.